The van der Waals surface area contributed by atoms with Crippen LogP contribution in [0.15, 0.2) is 0 Å². The Bertz CT molecular complexity index is 200. The first-order valence-corrected chi connectivity index (χ1v) is 6.10. The Hall–Kier alpha value is -0.570. The van der Waals surface area contributed by atoms with E-state index < -0.39 is 0 Å². The lowest BCUT2D eigenvalue weighted by molar-refractivity contribution is -0.122. The molecule has 1 fully saturated rings. The molecule has 15 heavy (non-hydrogen) atoms. The molecule has 1 aliphatic rings. The largest absolute Gasteiger partial charge is 0.355 e. The number of hydrogen-bond donors (Lipinski definition) is 2. The molecule has 0 aromatic carbocycles. The minimum atomic E-state index is 0.244. The first kappa shape index (κ1) is 12.5. The quantitative estimate of drug-likeness (QED) is 0.628. The van der Waals surface area contributed by atoms with E-state index in [-0.39, 0.29) is 5.91 Å². The Morgan fingerprint density at radius 2 is 1.93 bits per heavy atom. The highest BCUT2D eigenvalue weighted by Gasteiger charge is 2.28. The van der Waals surface area contributed by atoms with Crippen LogP contribution in [0.25, 0.3) is 0 Å². The second-order valence-corrected chi connectivity index (χ2v) is 5.05. The summed E-state index contributed by atoms with van der Waals surface area (Å²) in [5.41, 5.74) is 0. The number of nitrogens with one attached hydrogen (secondary N) is 2. The van der Waals surface area contributed by atoms with Crippen molar-refractivity contribution in [3.05, 3.63) is 0 Å². The molecule has 88 valence electrons. The van der Waals surface area contributed by atoms with Crippen molar-refractivity contribution in [3.63, 3.8) is 0 Å². The van der Waals surface area contributed by atoms with E-state index in [4.69, 9.17) is 0 Å². The number of hydrogen-bond acceptors (Lipinski definition) is 2. The number of amides is 1. The lowest BCUT2D eigenvalue weighted by Gasteiger charge is -2.15. The van der Waals surface area contributed by atoms with Gasteiger partial charge in [-0.25, -0.2) is 0 Å². The summed E-state index contributed by atoms with van der Waals surface area (Å²) in [5, 5.41) is 6.37. The van der Waals surface area contributed by atoms with Gasteiger partial charge in [-0.3, -0.25) is 4.79 Å². The molecule has 1 rings (SSSR count). The zero-order chi connectivity index (χ0) is 11.3. The second-order valence-electron chi connectivity index (χ2n) is 5.05. The summed E-state index contributed by atoms with van der Waals surface area (Å²) < 4.78 is 0. The highest BCUT2D eigenvalue weighted by molar-refractivity contribution is 5.80. The van der Waals surface area contributed by atoms with E-state index >= 15 is 0 Å². The van der Waals surface area contributed by atoms with Crippen LogP contribution in [0.4, 0.5) is 0 Å². The van der Waals surface area contributed by atoms with Crippen LogP contribution in [0.5, 0.6) is 0 Å². The number of carbonyl (C=O) groups excluding carboxylic acids is 1. The average molecular weight is 212 g/mol. The zero-order valence-corrected chi connectivity index (χ0v) is 10.2. The SMILES string of the molecule is CC(C)C[C@H](C)NCCNC(=O)C1CC1. The maximum atomic E-state index is 11.3. The molecule has 0 spiro atoms. The first-order valence-electron chi connectivity index (χ1n) is 6.10. The molecule has 0 heterocycles. The minimum Gasteiger partial charge on any atom is -0.355 e. The number of rotatable bonds is 7. The van der Waals surface area contributed by atoms with Crippen molar-refractivity contribution in [3.8, 4) is 0 Å². The van der Waals surface area contributed by atoms with Gasteiger partial charge >= 0.3 is 0 Å². The van der Waals surface area contributed by atoms with Gasteiger partial charge in [0.05, 0.1) is 0 Å². The standard InChI is InChI=1S/C12H24N2O/c1-9(2)8-10(3)13-6-7-14-12(15)11-4-5-11/h9-11,13H,4-8H2,1-3H3,(H,14,15)/t10-/m0/s1. The maximum absolute atomic E-state index is 11.3. The lowest BCUT2D eigenvalue weighted by Crippen LogP contribution is -2.36. The van der Waals surface area contributed by atoms with Crippen LogP contribution in [-0.2, 0) is 4.79 Å². The van der Waals surface area contributed by atoms with Crippen LogP contribution < -0.4 is 10.6 Å². The van der Waals surface area contributed by atoms with Crippen molar-refractivity contribution >= 4 is 5.91 Å². The predicted molar refractivity (Wildman–Crippen MR) is 62.7 cm³/mol. The van der Waals surface area contributed by atoms with Crippen LogP contribution in [0, 0.1) is 11.8 Å². The van der Waals surface area contributed by atoms with Gasteiger partial charge in [-0.05, 0) is 32.1 Å². The first-order chi connectivity index (χ1) is 7.09. The molecule has 0 aliphatic heterocycles. The number of carbonyl (C=O) groups is 1. The third-order valence-electron chi connectivity index (χ3n) is 2.69. The van der Waals surface area contributed by atoms with Crippen molar-refractivity contribution in [1.82, 2.24) is 10.6 Å². The summed E-state index contributed by atoms with van der Waals surface area (Å²) in [4.78, 5) is 11.3. The van der Waals surface area contributed by atoms with Gasteiger partial charge in [0.1, 0.15) is 0 Å². The van der Waals surface area contributed by atoms with Crippen molar-refractivity contribution in [2.75, 3.05) is 13.1 Å². The summed E-state index contributed by atoms with van der Waals surface area (Å²) in [7, 11) is 0. The average Bonchev–Trinajstić information content (AvgIpc) is 2.93. The van der Waals surface area contributed by atoms with E-state index in [1.807, 2.05) is 0 Å². The topological polar surface area (TPSA) is 41.1 Å². The molecule has 0 radical (unpaired) electrons. The highest BCUT2D eigenvalue weighted by atomic mass is 16.2. The lowest BCUT2D eigenvalue weighted by atomic mass is 10.1. The Morgan fingerprint density at radius 1 is 1.27 bits per heavy atom. The van der Waals surface area contributed by atoms with Crippen molar-refractivity contribution in [2.24, 2.45) is 11.8 Å². The van der Waals surface area contributed by atoms with E-state index in [1.165, 1.54) is 6.42 Å². The smallest absolute Gasteiger partial charge is 0.223 e. The molecule has 3 heteroatoms. The Morgan fingerprint density at radius 3 is 2.47 bits per heavy atom. The van der Waals surface area contributed by atoms with Crippen molar-refractivity contribution in [2.45, 2.75) is 46.1 Å². The van der Waals surface area contributed by atoms with Crippen LogP contribution in [0.1, 0.15) is 40.0 Å². The van der Waals surface area contributed by atoms with Crippen molar-refractivity contribution < 1.29 is 4.79 Å². The molecule has 0 unspecified atom stereocenters. The summed E-state index contributed by atoms with van der Waals surface area (Å²) in [6, 6.07) is 0.544. The molecule has 1 aliphatic carbocycles. The molecule has 1 amide bonds. The van der Waals surface area contributed by atoms with E-state index in [2.05, 4.69) is 31.4 Å². The normalized spacial score (nSPS) is 17.9. The predicted octanol–water partition coefficient (Wildman–Crippen LogP) is 1.54. The van der Waals surface area contributed by atoms with Crippen LogP contribution in [0.3, 0.4) is 0 Å². The fraction of sp³-hybridized carbons (Fsp3) is 0.917. The van der Waals surface area contributed by atoms with E-state index in [1.54, 1.807) is 0 Å². The zero-order valence-electron chi connectivity index (χ0n) is 10.2. The molecule has 1 saturated carbocycles. The Kier molecular flexibility index (Phi) is 5.09. The third kappa shape index (κ3) is 5.78. The van der Waals surface area contributed by atoms with Crippen LogP contribution in [0.2, 0.25) is 0 Å². The second kappa shape index (κ2) is 6.11. The molecule has 0 aromatic heterocycles. The third-order valence-corrected chi connectivity index (χ3v) is 2.69. The molecule has 2 N–H and O–H groups in total. The van der Waals surface area contributed by atoms with Gasteiger partial charge in [-0.2, -0.15) is 0 Å². The molecular weight excluding hydrogens is 188 g/mol. The molecule has 0 saturated heterocycles. The summed E-state index contributed by atoms with van der Waals surface area (Å²) in [6.07, 6.45) is 3.36. The van der Waals surface area contributed by atoms with Gasteiger partial charge < -0.3 is 10.6 Å². The van der Waals surface area contributed by atoms with Gasteiger partial charge in [0.2, 0.25) is 5.91 Å². The van der Waals surface area contributed by atoms with Gasteiger partial charge in [0, 0.05) is 25.0 Å². The van der Waals surface area contributed by atoms with Crippen LogP contribution in [-0.4, -0.2) is 25.0 Å². The molecular formula is C12H24N2O. The fourth-order valence-electron chi connectivity index (χ4n) is 1.78. The van der Waals surface area contributed by atoms with Crippen LogP contribution >= 0.6 is 0 Å². The molecule has 1 atom stereocenters. The van der Waals surface area contributed by atoms with E-state index in [9.17, 15) is 4.79 Å². The van der Waals surface area contributed by atoms with E-state index in [0.29, 0.717) is 12.0 Å². The molecule has 0 bridgehead atoms. The fourth-order valence-corrected chi connectivity index (χ4v) is 1.78. The van der Waals surface area contributed by atoms with Gasteiger partial charge in [0.15, 0.2) is 0 Å². The monoisotopic (exact) mass is 212 g/mol. The highest BCUT2D eigenvalue weighted by Crippen LogP contribution is 2.28. The van der Waals surface area contributed by atoms with E-state index in [0.717, 1.165) is 31.8 Å². The van der Waals surface area contributed by atoms with Gasteiger partial charge in [-0.1, -0.05) is 13.8 Å². The van der Waals surface area contributed by atoms with Gasteiger partial charge in [-0.15, -0.1) is 0 Å². The van der Waals surface area contributed by atoms with Crippen molar-refractivity contribution in [1.29, 1.82) is 0 Å². The molecule has 0 aromatic rings. The Balaban J connectivity index is 1.93. The summed E-state index contributed by atoms with van der Waals surface area (Å²) >= 11 is 0. The minimum absolute atomic E-state index is 0.244. The van der Waals surface area contributed by atoms with Gasteiger partial charge in [0.25, 0.3) is 0 Å². The summed E-state index contributed by atoms with van der Waals surface area (Å²) in [6.45, 7) is 8.30. The summed E-state index contributed by atoms with van der Waals surface area (Å²) in [5.74, 6) is 1.31. The molecule has 3 nitrogen and oxygen atoms in total. The maximum Gasteiger partial charge on any atom is 0.223 e. The Labute approximate surface area is 93.0 Å².